The molecule has 0 unspecified atom stereocenters. The van der Waals surface area contributed by atoms with Crippen molar-refractivity contribution in [2.45, 2.75) is 33.2 Å². The standard InChI is InChI=1S/C18H26N2O3/c1-18(2,3)15(11-21)20(4)16(22)9-12-10-19-13-7-6-8-14(23-5)17(12)13/h6-8,10,15,19,21H,9,11H2,1-5H3/t15-/m1/s1. The summed E-state index contributed by atoms with van der Waals surface area (Å²) in [7, 11) is 3.38. The molecule has 1 atom stereocenters. The number of aliphatic hydroxyl groups is 1. The van der Waals surface area contributed by atoms with Crippen molar-refractivity contribution in [3.63, 3.8) is 0 Å². The maximum absolute atomic E-state index is 12.7. The number of ether oxygens (including phenoxy) is 1. The van der Waals surface area contributed by atoms with Crippen molar-refractivity contribution < 1.29 is 14.6 Å². The molecule has 2 N–H and O–H groups in total. The zero-order chi connectivity index (χ0) is 17.2. The van der Waals surface area contributed by atoms with Gasteiger partial charge in [-0.2, -0.15) is 0 Å². The highest BCUT2D eigenvalue weighted by Gasteiger charge is 2.30. The molecule has 5 heteroatoms. The van der Waals surface area contributed by atoms with E-state index in [-0.39, 0.29) is 30.4 Å². The molecule has 5 nitrogen and oxygen atoms in total. The predicted molar refractivity (Wildman–Crippen MR) is 91.7 cm³/mol. The maximum Gasteiger partial charge on any atom is 0.227 e. The van der Waals surface area contributed by atoms with E-state index in [1.807, 2.05) is 45.2 Å². The number of fused-ring (bicyclic) bond motifs is 1. The van der Waals surface area contributed by atoms with Gasteiger partial charge in [-0.25, -0.2) is 0 Å². The van der Waals surface area contributed by atoms with Crippen LogP contribution in [0.15, 0.2) is 24.4 Å². The number of nitrogens with one attached hydrogen (secondary N) is 1. The summed E-state index contributed by atoms with van der Waals surface area (Å²) in [4.78, 5) is 17.5. The average Bonchev–Trinajstić information content (AvgIpc) is 2.89. The largest absolute Gasteiger partial charge is 0.496 e. The highest BCUT2D eigenvalue weighted by atomic mass is 16.5. The minimum absolute atomic E-state index is 0.0224. The van der Waals surface area contributed by atoms with E-state index in [9.17, 15) is 9.90 Å². The lowest BCUT2D eigenvalue weighted by molar-refractivity contribution is -0.134. The smallest absolute Gasteiger partial charge is 0.227 e. The summed E-state index contributed by atoms with van der Waals surface area (Å²) in [5.41, 5.74) is 1.67. The van der Waals surface area contributed by atoms with Crippen LogP contribution in [0.4, 0.5) is 0 Å². The summed E-state index contributed by atoms with van der Waals surface area (Å²) in [6, 6.07) is 5.54. The molecule has 0 saturated carbocycles. The highest BCUT2D eigenvalue weighted by molar-refractivity contribution is 5.93. The Bertz CT molecular complexity index is 685. The van der Waals surface area contributed by atoms with E-state index in [4.69, 9.17) is 4.74 Å². The van der Waals surface area contributed by atoms with E-state index in [1.54, 1.807) is 19.1 Å². The fraction of sp³-hybridized carbons (Fsp3) is 0.500. The van der Waals surface area contributed by atoms with Crippen LogP contribution in [0.2, 0.25) is 0 Å². The van der Waals surface area contributed by atoms with Crippen molar-refractivity contribution in [3.8, 4) is 5.75 Å². The number of carbonyl (C=O) groups is 1. The molecule has 0 bridgehead atoms. The Labute approximate surface area is 137 Å². The molecule has 1 aromatic heterocycles. The number of benzene rings is 1. The fourth-order valence-electron chi connectivity index (χ4n) is 2.97. The minimum Gasteiger partial charge on any atom is -0.496 e. The van der Waals surface area contributed by atoms with Crippen molar-refractivity contribution in [3.05, 3.63) is 30.0 Å². The number of aliphatic hydroxyl groups excluding tert-OH is 1. The molecule has 23 heavy (non-hydrogen) atoms. The monoisotopic (exact) mass is 318 g/mol. The average molecular weight is 318 g/mol. The number of aromatic amines is 1. The van der Waals surface area contributed by atoms with Gasteiger partial charge in [0.25, 0.3) is 0 Å². The first-order valence-corrected chi connectivity index (χ1v) is 7.79. The van der Waals surface area contributed by atoms with Crippen LogP contribution in [0.25, 0.3) is 10.9 Å². The molecule has 0 aliphatic heterocycles. The number of aromatic nitrogens is 1. The zero-order valence-corrected chi connectivity index (χ0v) is 14.5. The van der Waals surface area contributed by atoms with Crippen molar-refractivity contribution >= 4 is 16.8 Å². The molecule has 0 saturated heterocycles. The third kappa shape index (κ3) is 3.50. The molecular formula is C18H26N2O3. The van der Waals surface area contributed by atoms with Gasteiger partial charge >= 0.3 is 0 Å². The van der Waals surface area contributed by atoms with Crippen LogP contribution < -0.4 is 4.74 Å². The van der Waals surface area contributed by atoms with Crippen molar-refractivity contribution in [1.29, 1.82) is 0 Å². The molecule has 0 radical (unpaired) electrons. The van der Waals surface area contributed by atoms with Gasteiger partial charge in [-0.1, -0.05) is 26.8 Å². The Balaban J connectivity index is 2.27. The molecule has 1 heterocycles. The second kappa shape index (κ2) is 6.62. The third-order valence-corrected chi connectivity index (χ3v) is 4.34. The summed E-state index contributed by atoms with van der Waals surface area (Å²) in [5, 5.41) is 10.6. The van der Waals surface area contributed by atoms with Crippen molar-refractivity contribution in [2.75, 3.05) is 20.8 Å². The zero-order valence-electron chi connectivity index (χ0n) is 14.5. The number of carbonyl (C=O) groups excluding carboxylic acids is 1. The second-order valence-corrected chi connectivity index (χ2v) is 6.94. The van der Waals surface area contributed by atoms with Gasteiger partial charge in [0.2, 0.25) is 5.91 Å². The van der Waals surface area contributed by atoms with Gasteiger partial charge in [-0.15, -0.1) is 0 Å². The molecule has 1 amide bonds. The lowest BCUT2D eigenvalue weighted by Crippen LogP contribution is -2.47. The Morgan fingerprint density at radius 3 is 2.65 bits per heavy atom. The Morgan fingerprint density at radius 1 is 1.39 bits per heavy atom. The van der Waals surface area contributed by atoms with Crippen LogP contribution in [-0.2, 0) is 11.2 Å². The van der Waals surface area contributed by atoms with E-state index in [0.717, 1.165) is 22.2 Å². The Hall–Kier alpha value is -2.01. The predicted octanol–water partition coefficient (Wildman–Crippen LogP) is 2.58. The molecule has 126 valence electrons. The second-order valence-electron chi connectivity index (χ2n) is 6.94. The summed E-state index contributed by atoms with van der Waals surface area (Å²) >= 11 is 0. The first kappa shape index (κ1) is 17.3. The van der Waals surface area contributed by atoms with E-state index < -0.39 is 0 Å². The highest BCUT2D eigenvalue weighted by Crippen LogP contribution is 2.30. The Morgan fingerprint density at radius 2 is 2.09 bits per heavy atom. The summed E-state index contributed by atoms with van der Waals surface area (Å²) in [6.45, 7) is 6.01. The maximum atomic E-state index is 12.7. The van der Waals surface area contributed by atoms with E-state index in [2.05, 4.69) is 4.98 Å². The number of rotatable bonds is 5. The third-order valence-electron chi connectivity index (χ3n) is 4.34. The van der Waals surface area contributed by atoms with Crippen LogP contribution in [0, 0.1) is 5.41 Å². The first-order chi connectivity index (χ1) is 10.8. The van der Waals surface area contributed by atoms with Gasteiger partial charge < -0.3 is 19.7 Å². The normalized spacial score (nSPS) is 13.1. The van der Waals surface area contributed by atoms with Gasteiger partial charge in [0, 0.05) is 24.1 Å². The van der Waals surface area contributed by atoms with Crippen molar-refractivity contribution in [2.24, 2.45) is 5.41 Å². The lowest BCUT2D eigenvalue weighted by atomic mass is 9.86. The molecule has 2 rings (SSSR count). The number of H-pyrrole nitrogens is 1. The molecule has 0 aliphatic carbocycles. The van der Waals surface area contributed by atoms with Crippen LogP contribution in [0.3, 0.4) is 0 Å². The van der Waals surface area contributed by atoms with Crippen LogP contribution in [0.1, 0.15) is 26.3 Å². The number of nitrogens with zero attached hydrogens (tertiary/aromatic N) is 1. The first-order valence-electron chi connectivity index (χ1n) is 7.79. The number of amides is 1. The van der Waals surface area contributed by atoms with Gasteiger partial charge in [-0.3, -0.25) is 4.79 Å². The Kier molecular flexibility index (Phi) is 5.00. The molecule has 0 aliphatic rings. The quantitative estimate of drug-likeness (QED) is 0.890. The number of hydrogen-bond donors (Lipinski definition) is 2. The number of hydrogen-bond acceptors (Lipinski definition) is 3. The van der Waals surface area contributed by atoms with Crippen molar-refractivity contribution in [1.82, 2.24) is 9.88 Å². The molecule has 2 aromatic rings. The molecule has 0 spiro atoms. The van der Waals surface area contributed by atoms with Crippen LogP contribution in [-0.4, -0.2) is 47.7 Å². The summed E-state index contributed by atoms with van der Waals surface area (Å²) in [6.07, 6.45) is 2.12. The molecular weight excluding hydrogens is 292 g/mol. The van der Waals surface area contributed by atoms with Gasteiger partial charge in [-0.05, 0) is 23.1 Å². The lowest BCUT2D eigenvalue weighted by Gasteiger charge is -2.36. The van der Waals surface area contributed by atoms with E-state index in [0.29, 0.717) is 0 Å². The molecule has 0 fully saturated rings. The number of methoxy groups -OCH3 is 1. The van der Waals surface area contributed by atoms with Crippen LogP contribution >= 0.6 is 0 Å². The SMILES string of the molecule is COc1cccc2[nH]cc(CC(=O)N(C)[C@H](CO)C(C)(C)C)c12. The van der Waals surface area contributed by atoms with Crippen LogP contribution in [0.5, 0.6) is 5.75 Å². The van der Waals surface area contributed by atoms with E-state index >= 15 is 0 Å². The van der Waals surface area contributed by atoms with Gasteiger partial charge in [0.1, 0.15) is 5.75 Å². The minimum atomic E-state index is -0.220. The fourth-order valence-corrected chi connectivity index (χ4v) is 2.97. The summed E-state index contributed by atoms with van der Waals surface area (Å²) in [5.74, 6) is 0.731. The van der Waals surface area contributed by atoms with Gasteiger partial charge in [0.05, 0.1) is 26.2 Å². The molecule has 1 aromatic carbocycles. The number of likely N-dealkylation sites (N-methyl/N-ethyl adjacent to an activating group) is 1. The summed E-state index contributed by atoms with van der Waals surface area (Å²) < 4.78 is 5.41. The van der Waals surface area contributed by atoms with E-state index in [1.165, 1.54) is 0 Å². The topological polar surface area (TPSA) is 65.6 Å². The van der Waals surface area contributed by atoms with Gasteiger partial charge in [0.15, 0.2) is 0 Å².